The van der Waals surface area contributed by atoms with Crippen molar-refractivity contribution in [3.63, 3.8) is 0 Å². The summed E-state index contributed by atoms with van der Waals surface area (Å²) in [6.45, 7) is 0.972. The van der Waals surface area contributed by atoms with Crippen molar-refractivity contribution in [1.82, 2.24) is 9.97 Å². The van der Waals surface area contributed by atoms with Crippen molar-refractivity contribution in [2.24, 2.45) is 0 Å². The summed E-state index contributed by atoms with van der Waals surface area (Å²) in [6, 6.07) is 14.2. The highest BCUT2D eigenvalue weighted by atomic mass is 35.5. The lowest BCUT2D eigenvalue weighted by atomic mass is 9.90. The Kier molecular flexibility index (Phi) is 2.67. The van der Waals surface area contributed by atoms with Gasteiger partial charge in [0.05, 0.1) is 11.0 Å². The van der Waals surface area contributed by atoms with Crippen molar-refractivity contribution in [1.29, 1.82) is 0 Å². The Morgan fingerprint density at radius 1 is 1.15 bits per heavy atom. The van der Waals surface area contributed by atoms with Crippen molar-refractivity contribution in [3.05, 3.63) is 58.9 Å². The zero-order valence-corrected chi connectivity index (χ0v) is 11.6. The van der Waals surface area contributed by atoms with Crippen LogP contribution in [0.25, 0.3) is 11.0 Å². The minimum absolute atomic E-state index is 0.318. The summed E-state index contributed by atoms with van der Waals surface area (Å²) < 4.78 is 0. The number of H-pyrrole nitrogens is 1. The molecule has 2 aromatic carbocycles. The van der Waals surface area contributed by atoms with Gasteiger partial charge in [-0.05, 0) is 36.2 Å². The molecule has 1 unspecified atom stereocenters. The molecule has 20 heavy (non-hydrogen) atoms. The lowest BCUT2D eigenvalue weighted by Crippen LogP contribution is -2.18. The molecule has 0 amide bonds. The number of para-hydroxylation sites is 1. The molecule has 1 aromatic heterocycles. The predicted octanol–water partition coefficient (Wildman–Crippen LogP) is 4.16. The first-order valence-corrected chi connectivity index (χ1v) is 7.17. The van der Waals surface area contributed by atoms with E-state index in [1.54, 1.807) is 0 Å². The van der Waals surface area contributed by atoms with E-state index in [1.807, 2.05) is 18.2 Å². The summed E-state index contributed by atoms with van der Waals surface area (Å²) in [5.74, 6) is 1.34. The van der Waals surface area contributed by atoms with Crippen LogP contribution >= 0.6 is 11.6 Å². The Morgan fingerprint density at radius 2 is 2.05 bits per heavy atom. The fourth-order valence-corrected chi connectivity index (χ4v) is 3.09. The Labute approximate surface area is 122 Å². The maximum atomic E-state index is 6.04. The highest BCUT2D eigenvalue weighted by molar-refractivity contribution is 6.31. The monoisotopic (exact) mass is 283 g/mol. The van der Waals surface area contributed by atoms with Gasteiger partial charge in [-0.3, -0.25) is 0 Å². The van der Waals surface area contributed by atoms with Gasteiger partial charge in [-0.2, -0.15) is 0 Å². The van der Waals surface area contributed by atoms with Crippen LogP contribution in [-0.4, -0.2) is 16.5 Å². The first-order chi connectivity index (χ1) is 9.81. The molecular weight excluding hydrogens is 270 g/mol. The number of aromatic amines is 1. The van der Waals surface area contributed by atoms with Crippen LogP contribution in [0.5, 0.6) is 0 Å². The van der Waals surface area contributed by atoms with E-state index in [-0.39, 0.29) is 0 Å². The molecule has 0 aliphatic carbocycles. The van der Waals surface area contributed by atoms with Gasteiger partial charge in [-0.25, -0.2) is 4.98 Å². The van der Waals surface area contributed by atoms with Gasteiger partial charge in [0.2, 0.25) is 0 Å². The maximum absolute atomic E-state index is 6.04. The molecule has 3 aromatic rings. The van der Waals surface area contributed by atoms with Gasteiger partial charge in [0.15, 0.2) is 0 Å². The van der Waals surface area contributed by atoms with Crippen LogP contribution in [0.2, 0.25) is 5.02 Å². The van der Waals surface area contributed by atoms with Crippen LogP contribution in [0.1, 0.15) is 23.7 Å². The molecule has 0 spiro atoms. The van der Waals surface area contributed by atoms with Crippen molar-refractivity contribution in [2.45, 2.75) is 12.3 Å². The second kappa shape index (κ2) is 4.53. The summed E-state index contributed by atoms with van der Waals surface area (Å²) >= 11 is 6.04. The third kappa shape index (κ3) is 1.86. The maximum Gasteiger partial charge on any atom is 0.114 e. The van der Waals surface area contributed by atoms with Crippen molar-refractivity contribution in [2.75, 3.05) is 11.9 Å². The van der Waals surface area contributed by atoms with E-state index < -0.39 is 0 Å². The third-order valence-electron chi connectivity index (χ3n) is 3.88. The average molecular weight is 284 g/mol. The van der Waals surface area contributed by atoms with E-state index in [1.165, 1.54) is 11.3 Å². The highest BCUT2D eigenvalue weighted by Gasteiger charge is 2.23. The number of hydrogen-bond donors (Lipinski definition) is 2. The smallest absolute Gasteiger partial charge is 0.114 e. The minimum atomic E-state index is 0.318. The number of nitrogens with zero attached hydrogens (tertiary/aromatic N) is 1. The Hall–Kier alpha value is -2.00. The standard InChI is InChI=1S/C16H14ClN3/c17-10-5-6-14-15(9-10)20-16(19-14)12-7-8-18-13-4-2-1-3-11(12)13/h1-6,9,12,18H,7-8H2,(H,19,20). The highest BCUT2D eigenvalue weighted by Crippen LogP contribution is 2.35. The Balaban J connectivity index is 1.84. The SMILES string of the molecule is Clc1ccc2nc(C3CCNc4ccccc43)[nH]c2c1. The van der Waals surface area contributed by atoms with Gasteiger partial charge in [0.1, 0.15) is 5.82 Å². The largest absolute Gasteiger partial charge is 0.385 e. The second-order valence-electron chi connectivity index (χ2n) is 5.14. The second-order valence-corrected chi connectivity index (χ2v) is 5.58. The van der Waals surface area contributed by atoms with Gasteiger partial charge in [0.25, 0.3) is 0 Å². The molecule has 4 heteroatoms. The van der Waals surface area contributed by atoms with Crippen LogP contribution in [0.4, 0.5) is 5.69 Å². The molecule has 100 valence electrons. The van der Waals surface area contributed by atoms with E-state index >= 15 is 0 Å². The number of fused-ring (bicyclic) bond motifs is 2. The fourth-order valence-electron chi connectivity index (χ4n) is 2.92. The van der Waals surface area contributed by atoms with E-state index in [0.29, 0.717) is 5.92 Å². The number of benzene rings is 2. The number of imidazole rings is 1. The third-order valence-corrected chi connectivity index (χ3v) is 4.11. The summed E-state index contributed by atoms with van der Waals surface area (Å²) in [4.78, 5) is 8.16. The molecule has 2 heterocycles. The summed E-state index contributed by atoms with van der Waals surface area (Å²) in [5.41, 5.74) is 4.50. The molecule has 0 radical (unpaired) electrons. The lowest BCUT2D eigenvalue weighted by Gasteiger charge is -2.25. The molecule has 1 aliphatic heterocycles. The van der Waals surface area contributed by atoms with Gasteiger partial charge >= 0.3 is 0 Å². The van der Waals surface area contributed by atoms with Crippen LogP contribution < -0.4 is 5.32 Å². The van der Waals surface area contributed by atoms with Gasteiger partial charge < -0.3 is 10.3 Å². The topological polar surface area (TPSA) is 40.7 Å². The van der Waals surface area contributed by atoms with E-state index in [4.69, 9.17) is 16.6 Å². The van der Waals surface area contributed by atoms with E-state index in [2.05, 4.69) is 34.6 Å². The molecule has 0 saturated carbocycles. The molecule has 0 saturated heterocycles. The zero-order chi connectivity index (χ0) is 13.5. The first-order valence-electron chi connectivity index (χ1n) is 6.79. The molecule has 1 atom stereocenters. The number of rotatable bonds is 1. The van der Waals surface area contributed by atoms with Crippen LogP contribution in [0, 0.1) is 0 Å². The molecule has 3 nitrogen and oxygen atoms in total. The molecular formula is C16H14ClN3. The summed E-state index contributed by atoms with van der Waals surface area (Å²) in [7, 11) is 0. The normalized spacial score (nSPS) is 17.8. The summed E-state index contributed by atoms with van der Waals surface area (Å²) in [5, 5.41) is 4.18. The molecule has 0 fully saturated rings. The first kappa shape index (κ1) is 11.8. The number of hydrogen-bond acceptors (Lipinski definition) is 2. The van der Waals surface area contributed by atoms with E-state index in [9.17, 15) is 0 Å². The zero-order valence-electron chi connectivity index (χ0n) is 10.9. The van der Waals surface area contributed by atoms with Gasteiger partial charge in [-0.15, -0.1) is 0 Å². The number of halogens is 1. The van der Waals surface area contributed by atoms with Gasteiger partial charge in [-0.1, -0.05) is 29.8 Å². The van der Waals surface area contributed by atoms with Crippen molar-refractivity contribution >= 4 is 28.3 Å². The van der Waals surface area contributed by atoms with Crippen molar-refractivity contribution in [3.8, 4) is 0 Å². The van der Waals surface area contributed by atoms with Crippen LogP contribution in [-0.2, 0) is 0 Å². The Morgan fingerprint density at radius 3 is 3.00 bits per heavy atom. The molecule has 1 aliphatic rings. The fraction of sp³-hybridized carbons (Fsp3) is 0.188. The molecule has 4 rings (SSSR count). The van der Waals surface area contributed by atoms with E-state index in [0.717, 1.165) is 34.8 Å². The number of anilines is 1. The number of nitrogens with one attached hydrogen (secondary N) is 2. The lowest BCUT2D eigenvalue weighted by molar-refractivity contribution is 0.686. The predicted molar refractivity (Wildman–Crippen MR) is 82.5 cm³/mol. The average Bonchev–Trinajstić information content (AvgIpc) is 2.89. The van der Waals surface area contributed by atoms with Crippen LogP contribution in [0.3, 0.4) is 0 Å². The Bertz CT molecular complexity index is 778. The number of aromatic nitrogens is 2. The molecule has 0 bridgehead atoms. The summed E-state index contributed by atoms with van der Waals surface area (Å²) in [6.07, 6.45) is 1.05. The molecule has 2 N–H and O–H groups in total. The van der Waals surface area contributed by atoms with Gasteiger partial charge in [0, 0.05) is 23.2 Å². The van der Waals surface area contributed by atoms with Crippen molar-refractivity contribution < 1.29 is 0 Å². The van der Waals surface area contributed by atoms with Crippen LogP contribution in [0.15, 0.2) is 42.5 Å². The quantitative estimate of drug-likeness (QED) is 0.704. The minimum Gasteiger partial charge on any atom is -0.385 e.